The second kappa shape index (κ2) is 4.26. The first-order chi connectivity index (χ1) is 6.61. The monoisotopic (exact) mass is 201 g/mol. The van der Waals surface area contributed by atoms with Crippen LogP contribution in [0.15, 0.2) is 12.1 Å². The largest absolute Gasteiger partial charge is 0.505 e. The minimum Gasteiger partial charge on any atom is -0.505 e. The highest BCUT2D eigenvalue weighted by Gasteiger charge is 2.19. The third kappa shape index (κ3) is 1.78. The van der Waals surface area contributed by atoms with Gasteiger partial charge in [-0.2, -0.15) is 0 Å². The van der Waals surface area contributed by atoms with Crippen molar-refractivity contribution >= 4 is 0 Å². The molecule has 1 aromatic rings. The van der Waals surface area contributed by atoms with Crippen LogP contribution in [0.25, 0.3) is 0 Å². The van der Waals surface area contributed by atoms with Crippen LogP contribution in [0.2, 0.25) is 0 Å². The van der Waals surface area contributed by atoms with Crippen LogP contribution in [-0.4, -0.2) is 23.9 Å². The average molecular weight is 201 g/mol. The van der Waals surface area contributed by atoms with E-state index < -0.39 is 24.2 Å². The standard InChI is InChI=1S/C9H12FNO3/c1-14-7-3-2-6(13)9(10)8(7)5(11)4-12/h2-3,5,12-13H,4,11H2,1H3. The van der Waals surface area contributed by atoms with Gasteiger partial charge in [-0.1, -0.05) is 0 Å². The molecule has 0 saturated carbocycles. The van der Waals surface area contributed by atoms with E-state index in [4.69, 9.17) is 20.7 Å². The maximum absolute atomic E-state index is 13.4. The first-order valence-corrected chi connectivity index (χ1v) is 4.03. The summed E-state index contributed by atoms with van der Waals surface area (Å²) in [5.41, 5.74) is 5.44. The first-order valence-electron chi connectivity index (χ1n) is 4.03. The molecule has 1 aromatic carbocycles. The van der Waals surface area contributed by atoms with Crippen LogP contribution in [0.3, 0.4) is 0 Å². The van der Waals surface area contributed by atoms with Crippen molar-refractivity contribution in [1.82, 2.24) is 0 Å². The normalized spacial score (nSPS) is 12.6. The molecule has 4 N–H and O–H groups in total. The molecule has 0 heterocycles. The van der Waals surface area contributed by atoms with Crippen molar-refractivity contribution in [3.05, 3.63) is 23.5 Å². The van der Waals surface area contributed by atoms with Crippen LogP contribution in [0.4, 0.5) is 4.39 Å². The lowest BCUT2D eigenvalue weighted by atomic mass is 10.1. The molecule has 5 heteroatoms. The zero-order valence-electron chi connectivity index (χ0n) is 7.70. The molecule has 78 valence electrons. The van der Waals surface area contributed by atoms with E-state index in [0.717, 1.165) is 0 Å². The Kier molecular flexibility index (Phi) is 3.27. The van der Waals surface area contributed by atoms with Gasteiger partial charge in [-0.15, -0.1) is 0 Å². The fraction of sp³-hybridized carbons (Fsp3) is 0.333. The highest BCUT2D eigenvalue weighted by Crippen LogP contribution is 2.31. The second-order valence-electron chi connectivity index (χ2n) is 2.80. The fourth-order valence-corrected chi connectivity index (χ4v) is 1.18. The number of aromatic hydroxyl groups is 1. The van der Waals surface area contributed by atoms with Crippen LogP contribution in [0.1, 0.15) is 11.6 Å². The molecule has 0 saturated heterocycles. The Balaban J connectivity index is 3.27. The fourth-order valence-electron chi connectivity index (χ4n) is 1.18. The number of rotatable bonds is 3. The second-order valence-corrected chi connectivity index (χ2v) is 2.80. The van der Waals surface area contributed by atoms with Gasteiger partial charge in [0.1, 0.15) is 5.75 Å². The highest BCUT2D eigenvalue weighted by molar-refractivity contribution is 5.43. The number of phenolic OH excluding ortho intramolecular Hbond substituents is 1. The first kappa shape index (κ1) is 10.7. The molecule has 0 aliphatic heterocycles. The minimum atomic E-state index is -0.906. The number of halogens is 1. The van der Waals surface area contributed by atoms with Crippen molar-refractivity contribution in [2.45, 2.75) is 6.04 Å². The quantitative estimate of drug-likeness (QED) is 0.666. The van der Waals surface area contributed by atoms with Crippen molar-refractivity contribution in [3.8, 4) is 11.5 Å². The third-order valence-corrected chi connectivity index (χ3v) is 1.91. The molecule has 1 unspecified atom stereocenters. The Labute approximate surface area is 80.7 Å². The smallest absolute Gasteiger partial charge is 0.173 e. The molecular weight excluding hydrogens is 189 g/mol. The van der Waals surface area contributed by atoms with E-state index in [1.807, 2.05) is 0 Å². The maximum Gasteiger partial charge on any atom is 0.173 e. The van der Waals surface area contributed by atoms with Crippen molar-refractivity contribution in [1.29, 1.82) is 0 Å². The predicted molar refractivity (Wildman–Crippen MR) is 48.6 cm³/mol. The summed E-state index contributed by atoms with van der Waals surface area (Å²) in [6.45, 7) is -0.420. The summed E-state index contributed by atoms with van der Waals surface area (Å²) in [7, 11) is 1.36. The van der Waals surface area contributed by atoms with E-state index in [1.54, 1.807) is 0 Å². The number of hydrogen-bond acceptors (Lipinski definition) is 4. The van der Waals surface area contributed by atoms with Gasteiger partial charge in [-0.25, -0.2) is 4.39 Å². The summed E-state index contributed by atoms with van der Waals surface area (Å²) in [6, 6.07) is 1.66. The van der Waals surface area contributed by atoms with Crippen LogP contribution < -0.4 is 10.5 Å². The number of aliphatic hydroxyl groups is 1. The van der Waals surface area contributed by atoms with Gasteiger partial charge < -0.3 is 20.7 Å². The number of methoxy groups -OCH3 is 1. The van der Waals surface area contributed by atoms with Gasteiger partial charge in [0, 0.05) is 0 Å². The van der Waals surface area contributed by atoms with E-state index in [9.17, 15) is 4.39 Å². The molecule has 0 radical (unpaired) electrons. The van der Waals surface area contributed by atoms with E-state index in [2.05, 4.69) is 0 Å². The summed E-state index contributed by atoms with van der Waals surface area (Å²) < 4.78 is 18.2. The SMILES string of the molecule is COc1ccc(O)c(F)c1C(N)CO. The third-order valence-electron chi connectivity index (χ3n) is 1.91. The Morgan fingerprint density at radius 2 is 2.21 bits per heavy atom. The van der Waals surface area contributed by atoms with E-state index in [1.165, 1.54) is 19.2 Å². The number of nitrogens with two attached hydrogens (primary N) is 1. The van der Waals surface area contributed by atoms with Gasteiger partial charge in [0.25, 0.3) is 0 Å². The zero-order valence-corrected chi connectivity index (χ0v) is 7.70. The summed E-state index contributed by atoms with van der Waals surface area (Å²) in [6.07, 6.45) is 0. The zero-order chi connectivity index (χ0) is 10.7. The lowest BCUT2D eigenvalue weighted by molar-refractivity contribution is 0.260. The topological polar surface area (TPSA) is 75.7 Å². The van der Waals surface area contributed by atoms with Crippen LogP contribution in [-0.2, 0) is 0 Å². The molecule has 0 bridgehead atoms. The predicted octanol–water partition coefficient (Wildman–Crippen LogP) is 0.532. The summed E-state index contributed by atoms with van der Waals surface area (Å²) in [5, 5.41) is 17.9. The van der Waals surface area contributed by atoms with E-state index in [-0.39, 0.29) is 11.3 Å². The molecule has 14 heavy (non-hydrogen) atoms. The molecule has 1 rings (SSSR count). The lowest BCUT2D eigenvalue weighted by Crippen LogP contribution is -2.17. The van der Waals surface area contributed by atoms with Gasteiger partial charge in [-0.05, 0) is 12.1 Å². The van der Waals surface area contributed by atoms with Gasteiger partial charge in [-0.3, -0.25) is 0 Å². The molecule has 0 aliphatic carbocycles. The molecule has 4 nitrogen and oxygen atoms in total. The van der Waals surface area contributed by atoms with Crippen molar-refractivity contribution in [2.24, 2.45) is 5.73 Å². The average Bonchev–Trinajstić information content (AvgIpc) is 2.20. The van der Waals surface area contributed by atoms with Crippen molar-refractivity contribution < 1.29 is 19.3 Å². The number of hydrogen-bond donors (Lipinski definition) is 3. The summed E-state index contributed by atoms with van der Waals surface area (Å²) in [4.78, 5) is 0. The van der Waals surface area contributed by atoms with E-state index >= 15 is 0 Å². The minimum absolute atomic E-state index is 0.0185. The molecule has 1 atom stereocenters. The number of aliphatic hydroxyl groups excluding tert-OH is 1. The van der Waals surface area contributed by atoms with Crippen LogP contribution in [0, 0.1) is 5.82 Å². The van der Waals surface area contributed by atoms with E-state index in [0.29, 0.717) is 0 Å². The number of phenols is 1. The Morgan fingerprint density at radius 1 is 1.57 bits per heavy atom. The van der Waals surface area contributed by atoms with Gasteiger partial charge in [0.05, 0.1) is 25.3 Å². The molecule has 0 aromatic heterocycles. The Bertz CT molecular complexity index is 330. The van der Waals surface area contributed by atoms with Gasteiger partial charge in [0.2, 0.25) is 0 Å². The number of ether oxygens (including phenoxy) is 1. The van der Waals surface area contributed by atoms with Gasteiger partial charge in [0.15, 0.2) is 11.6 Å². The molecule has 0 amide bonds. The van der Waals surface area contributed by atoms with Gasteiger partial charge >= 0.3 is 0 Å². The molecule has 0 aliphatic rings. The maximum atomic E-state index is 13.4. The van der Waals surface area contributed by atoms with Crippen LogP contribution in [0.5, 0.6) is 11.5 Å². The van der Waals surface area contributed by atoms with Crippen LogP contribution >= 0.6 is 0 Å². The molecule has 0 fully saturated rings. The Morgan fingerprint density at radius 3 is 2.71 bits per heavy atom. The summed E-state index contributed by atoms with van der Waals surface area (Å²) in [5.74, 6) is -1.16. The highest BCUT2D eigenvalue weighted by atomic mass is 19.1. The molecule has 0 spiro atoms. The van der Waals surface area contributed by atoms with Crippen molar-refractivity contribution in [2.75, 3.05) is 13.7 Å². The molecular formula is C9H12FNO3. The number of benzene rings is 1. The Hall–Kier alpha value is -1.33. The lowest BCUT2D eigenvalue weighted by Gasteiger charge is -2.14. The summed E-state index contributed by atoms with van der Waals surface area (Å²) >= 11 is 0. The van der Waals surface area contributed by atoms with Crippen molar-refractivity contribution in [3.63, 3.8) is 0 Å².